The van der Waals surface area contributed by atoms with Crippen LogP contribution in [0.3, 0.4) is 0 Å². The van der Waals surface area contributed by atoms with E-state index in [9.17, 15) is 14.2 Å². The van der Waals surface area contributed by atoms with Gasteiger partial charge in [-0.05, 0) is 109 Å². The van der Waals surface area contributed by atoms with Crippen LogP contribution >= 0.6 is 15.2 Å². The van der Waals surface area contributed by atoms with Crippen LogP contribution in [0.1, 0.15) is 125 Å². The summed E-state index contributed by atoms with van der Waals surface area (Å²) in [5.74, 6) is 0.293. The van der Waals surface area contributed by atoms with Gasteiger partial charge in [0, 0.05) is 11.1 Å². The fraction of sp³-hybridized carbons (Fsp3) is 0.733. The van der Waals surface area contributed by atoms with Crippen molar-refractivity contribution in [2.45, 2.75) is 145 Å². The molecule has 224 valence electrons. The van der Waals surface area contributed by atoms with Gasteiger partial charge in [0.15, 0.2) is 5.06 Å². The molecule has 0 amide bonds. The Balaban J connectivity index is 3.12. The first-order valence-corrected chi connectivity index (χ1v) is 17.3. The summed E-state index contributed by atoms with van der Waals surface area (Å²) in [4.78, 5) is 0. The van der Waals surface area contributed by atoms with Crippen molar-refractivity contribution in [2.75, 3.05) is 0 Å². The summed E-state index contributed by atoms with van der Waals surface area (Å²) in [5.41, 5.74) is 2.64. The van der Waals surface area contributed by atoms with Crippen molar-refractivity contribution in [2.24, 2.45) is 0 Å². The summed E-state index contributed by atoms with van der Waals surface area (Å²) in [6.07, 6.45) is 2.28. The van der Waals surface area contributed by atoms with Crippen LogP contribution in [-0.4, -0.2) is 29.5 Å². The van der Waals surface area contributed by atoms with Gasteiger partial charge in [0.25, 0.3) is 0 Å². The minimum Gasteiger partial charge on any atom is -0.507 e. The molecule has 39 heavy (non-hydrogen) atoms. The molecule has 0 radical (unpaired) electrons. The van der Waals surface area contributed by atoms with E-state index in [1.807, 2.05) is 26.8 Å². The summed E-state index contributed by atoms with van der Waals surface area (Å²) < 4.78 is 53.3. The van der Waals surface area contributed by atoms with Crippen LogP contribution in [0.5, 0.6) is 5.75 Å². The lowest BCUT2D eigenvalue weighted by Crippen LogP contribution is -2.26. The average molecular weight is 587 g/mol. The third kappa shape index (κ3) is 8.31. The lowest BCUT2D eigenvalue weighted by Gasteiger charge is -2.37. The Hall–Kier alpha value is -0.940. The van der Waals surface area contributed by atoms with Gasteiger partial charge in [-0.1, -0.05) is 34.6 Å². The Morgan fingerprint density at radius 3 is 1.64 bits per heavy atom. The normalized spacial score (nSPS) is 16.3. The van der Waals surface area contributed by atoms with Crippen LogP contribution in [0.25, 0.3) is 6.08 Å². The molecule has 0 bridgehead atoms. The largest absolute Gasteiger partial charge is 0.507 e. The second kappa shape index (κ2) is 12.5. The van der Waals surface area contributed by atoms with E-state index < -0.39 is 39.6 Å². The van der Waals surface area contributed by atoms with Gasteiger partial charge in [0.2, 0.25) is 0 Å². The van der Waals surface area contributed by atoms with Crippen molar-refractivity contribution in [1.82, 2.24) is 0 Å². The molecule has 9 heteroatoms. The summed E-state index contributed by atoms with van der Waals surface area (Å²) in [5, 5.41) is 11.4. The van der Waals surface area contributed by atoms with E-state index in [1.54, 1.807) is 61.5 Å². The van der Waals surface area contributed by atoms with Crippen molar-refractivity contribution in [3.63, 3.8) is 0 Å². The Labute approximate surface area is 237 Å². The number of benzene rings is 1. The van der Waals surface area contributed by atoms with Crippen molar-refractivity contribution in [3.05, 3.63) is 33.4 Å². The molecule has 0 aromatic heterocycles. The first-order valence-electron chi connectivity index (χ1n) is 14.2. The third-order valence-electron chi connectivity index (χ3n) is 6.40. The Morgan fingerprint density at radius 2 is 1.28 bits per heavy atom. The highest BCUT2D eigenvalue weighted by Gasteiger charge is 2.48. The first-order chi connectivity index (χ1) is 17.6. The van der Waals surface area contributed by atoms with Crippen molar-refractivity contribution >= 4 is 21.3 Å². The average Bonchev–Trinajstić information content (AvgIpc) is 2.68. The fourth-order valence-electron chi connectivity index (χ4n) is 5.09. The molecule has 1 aliphatic carbocycles. The molecule has 0 saturated heterocycles. The minimum atomic E-state index is -4.19. The molecule has 0 aliphatic heterocycles. The molecule has 0 heterocycles. The monoisotopic (exact) mass is 586 g/mol. The Morgan fingerprint density at radius 1 is 0.872 bits per heavy atom. The SMILES string of the molecule is CC(C)OP(=O)(OC(C)C)C(=Cc1cc(C(C)(C)C)c(O)c2c1CCCC2(C)C)P(=O)(OC(C)C)OC(C)C. The van der Waals surface area contributed by atoms with Crippen LogP contribution in [-0.2, 0) is 44.5 Å². The number of hydrogen-bond acceptors (Lipinski definition) is 7. The maximum absolute atomic E-state index is 14.7. The smallest absolute Gasteiger partial charge is 0.370 e. The van der Waals surface area contributed by atoms with Gasteiger partial charge < -0.3 is 23.2 Å². The van der Waals surface area contributed by atoms with Crippen LogP contribution in [0, 0.1) is 0 Å². The lowest BCUT2D eigenvalue weighted by molar-refractivity contribution is 0.138. The molecule has 1 N–H and O–H groups in total. The molecular weight excluding hydrogens is 534 g/mol. The standard InChI is InChI=1S/C30H52O7P2/c1-19(2)34-38(32,35-20(3)4)26(39(33,36-21(5)6)37-22(7)8)18-23-17-25(29(9,10)11)28(31)27-24(23)15-14-16-30(27,12)13/h17-22,31H,14-16H2,1-13H3. The zero-order valence-electron chi connectivity index (χ0n) is 26.4. The van der Waals surface area contributed by atoms with Crippen LogP contribution in [0.4, 0.5) is 0 Å². The first kappa shape index (κ1) is 34.3. The van der Waals surface area contributed by atoms with Crippen LogP contribution < -0.4 is 0 Å². The predicted octanol–water partition coefficient (Wildman–Crippen LogP) is 9.69. The van der Waals surface area contributed by atoms with Gasteiger partial charge in [-0.2, -0.15) is 0 Å². The van der Waals surface area contributed by atoms with Crippen LogP contribution in [0.2, 0.25) is 0 Å². The second-order valence-corrected chi connectivity index (χ2v) is 17.5. The molecular formula is C30H52O7P2. The number of hydrogen-bond donors (Lipinski definition) is 1. The zero-order valence-corrected chi connectivity index (χ0v) is 28.2. The van der Waals surface area contributed by atoms with Gasteiger partial charge in [0.05, 0.1) is 24.4 Å². The maximum atomic E-state index is 14.7. The third-order valence-corrected chi connectivity index (χ3v) is 12.0. The maximum Gasteiger partial charge on any atom is 0.370 e. The number of phenols is 1. The number of aromatic hydroxyl groups is 1. The highest BCUT2D eigenvalue weighted by atomic mass is 31.2. The fourth-order valence-corrected chi connectivity index (χ4v) is 10.2. The minimum absolute atomic E-state index is 0.115. The zero-order chi connectivity index (χ0) is 30.1. The molecule has 0 atom stereocenters. The van der Waals surface area contributed by atoms with Crippen molar-refractivity contribution < 1.29 is 32.3 Å². The number of rotatable bonds is 11. The molecule has 7 nitrogen and oxygen atoms in total. The van der Waals surface area contributed by atoms with Gasteiger partial charge in [-0.3, -0.25) is 9.13 Å². The van der Waals surface area contributed by atoms with E-state index in [2.05, 4.69) is 13.8 Å². The van der Waals surface area contributed by atoms with Gasteiger partial charge in [-0.25, -0.2) is 0 Å². The van der Waals surface area contributed by atoms with Crippen molar-refractivity contribution in [3.8, 4) is 5.75 Å². The number of phenolic OH excluding ortho intramolecular Hbond substituents is 1. The van der Waals surface area contributed by atoms with E-state index in [-0.39, 0.29) is 15.9 Å². The van der Waals surface area contributed by atoms with Crippen molar-refractivity contribution in [1.29, 1.82) is 0 Å². The van der Waals surface area contributed by atoms with Gasteiger partial charge in [-0.15, -0.1) is 0 Å². The molecule has 1 aromatic rings. The molecule has 0 spiro atoms. The molecule has 0 saturated carbocycles. The Kier molecular flexibility index (Phi) is 11.0. The molecule has 2 rings (SSSR count). The molecule has 0 fully saturated rings. The molecule has 1 aliphatic rings. The second-order valence-electron chi connectivity index (χ2n) is 13.3. The summed E-state index contributed by atoms with van der Waals surface area (Å²) in [7, 11) is -8.38. The van der Waals surface area contributed by atoms with E-state index in [0.29, 0.717) is 5.75 Å². The Bertz CT molecular complexity index is 1070. The number of fused-ring (bicyclic) bond motifs is 1. The van der Waals surface area contributed by atoms with E-state index >= 15 is 0 Å². The molecule has 1 aromatic carbocycles. The summed E-state index contributed by atoms with van der Waals surface area (Å²) in [6, 6.07) is 1.92. The van der Waals surface area contributed by atoms with Gasteiger partial charge >= 0.3 is 15.2 Å². The van der Waals surface area contributed by atoms with Crippen LogP contribution in [0.15, 0.2) is 11.1 Å². The predicted molar refractivity (Wildman–Crippen MR) is 161 cm³/mol. The van der Waals surface area contributed by atoms with E-state index in [1.165, 1.54) is 0 Å². The quantitative estimate of drug-likeness (QED) is 0.258. The topological polar surface area (TPSA) is 91.3 Å². The van der Waals surface area contributed by atoms with E-state index in [4.69, 9.17) is 18.1 Å². The summed E-state index contributed by atoms with van der Waals surface area (Å²) >= 11 is 0. The van der Waals surface area contributed by atoms with E-state index in [0.717, 1.165) is 41.5 Å². The van der Waals surface area contributed by atoms with Gasteiger partial charge in [0.1, 0.15) is 5.75 Å². The highest BCUT2D eigenvalue weighted by Crippen LogP contribution is 2.75. The highest BCUT2D eigenvalue weighted by molar-refractivity contribution is 7.79. The summed E-state index contributed by atoms with van der Waals surface area (Å²) in [6.45, 7) is 24.5. The molecule has 0 unspecified atom stereocenters. The lowest BCUT2D eigenvalue weighted by atomic mass is 9.68.